The number of hydrogen-bond donors (Lipinski definition) is 1. The minimum absolute atomic E-state index is 0.418. The molecular formula is C13H9Cl2N3. The molecule has 0 aliphatic carbocycles. The fraction of sp³-hybridized carbons (Fsp3) is 0.0769. The van der Waals surface area contributed by atoms with Crippen molar-refractivity contribution in [2.24, 2.45) is 0 Å². The molecule has 0 aliphatic heterocycles. The molecule has 0 atom stereocenters. The van der Waals surface area contributed by atoms with E-state index in [1.165, 1.54) is 6.20 Å². The van der Waals surface area contributed by atoms with Gasteiger partial charge in [0.2, 0.25) is 0 Å². The Kier molecular flexibility index (Phi) is 4.03. The Morgan fingerprint density at radius 1 is 1.22 bits per heavy atom. The van der Waals surface area contributed by atoms with Gasteiger partial charge in [-0.25, -0.2) is 4.98 Å². The summed E-state index contributed by atoms with van der Waals surface area (Å²) in [6, 6.07) is 11.1. The van der Waals surface area contributed by atoms with E-state index in [1.807, 2.05) is 30.3 Å². The van der Waals surface area contributed by atoms with Crippen LogP contribution in [0.1, 0.15) is 11.1 Å². The molecule has 18 heavy (non-hydrogen) atoms. The number of aromatic nitrogens is 1. The van der Waals surface area contributed by atoms with Gasteiger partial charge in [0.1, 0.15) is 11.9 Å². The quantitative estimate of drug-likeness (QED) is 0.927. The van der Waals surface area contributed by atoms with Crippen LogP contribution in [0.25, 0.3) is 0 Å². The van der Waals surface area contributed by atoms with Gasteiger partial charge in [0.15, 0.2) is 0 Å². The van der Waals surface area contributed by atoms with Crippen molar-refractivity contribution < 1.29 is 0 Å². The lowest BCUT2D eigenvalue weighted by Crippen LogP contribution is -2.02. The summed E-state index contributed by atoms with van der Waals surface area (Å²) < 4.78 is 0. The zero-order valence-corrected chi connectivity index (χ0v) is 10.8. The SMILES string of the molecule is N#Cc1cnc(NCc2ccccc2Cl)c(Cl)c1. The first-order chi connectivity index (χ1) is 8.70. The molecule has 1 aromatic carbocycles. The lowest BCUT2D eigenvalue weighted by atomic mass is 10.2. The molecule has 0 aliphatic rings. The van der Waals surface area contributed by atoms with Gasteiger partial charge in [-0.05, 0) is 17.7 Å². The van der Waals surface area contributed by atoms with E-state index in [0.29, 0.717) is 28.0 Å². The van der Waals surface area contributed by atoms with Crippen molar-refractivity contribution in [3.8, 4) is 6.07 Å². The second kappa shape index (κ2) is 5.72. The van der Waals surface area contributed by atoms with Crippen molar-refractivity contribution in [2.45, 2.75) is 6.54 Å². The highest BCUT2D eigenvalue weighted by Gasteiger charge is 2.04. The van der Waals surface area contributed by atoms with Crippen LogP contribution in [0.3, 0.4) is 0 Å². The number of halogens is 2. The van der Waals surface area contributed by atoms with E-state index in [9.17, 15) is 0 Å². The molecule has 0 spiro atoms. The van der Waals surface area contributed by atoms with Crippen LogP contribution in [0, 0.1) is 11.3 Å². The third-order valence-corrected chi connectivity index (χ3v) is 3.03. The van der Waals surface area contributed by atoms with E-state index in [4.69, 9.17) is 28.5 Å². The molecule has 0 fully saturated rings. The highest BCUT2D eigenvalue weighted by molar-refractivity contribution is 6.33. The first-order valence-corrected chi connectivity index (χ1v) is 5.99. The molecule has 0 bridgehead atoms. The standard InChI is InChI=1S/C13H9Cl2N3/c14-11-4-2-1-3-10(11)8-18-13-12(15)5-9(6-16)7-17-13/h1-5,7H,8H2,(H,17,18). The smallest absolute Gasteiger partial charge is 0.145 e. The van der Waals surface area contributed by atoms with Crippen LogP contribution < -0.4 is 5.32 Å². The molecule has 5 heteroatoms. The van der Waals surface area contributed by atoms with E-state index in [-0.39, 0.29) is 0 Å². The second-order valence-electron chi connectivity index (χ2n) is 3.61. The Labute approximate surface area is 115 Å². The summed E-state index contributed by atoms with van der Waals surface area (Å²) in [7, 11) is 0. The largest absolute Gasteiger partial charge is 0.365 e. The summed E-state index contributed by atoms with van der Waals surface area (Å²) in [5, 5.41) is 12.9. The van der Waals surface area contributed by atoms with Gasteiger partial charge in [-0.1, -0.05) is 41.4 Å². The van der Waals surface area contributed by atoms with Crippen LogP contribution in [0.15, 0.2) is 36.5 Å². The third kappa shape index (κ3) is 2.92. The van der Waals surface area contributed by atoms with E-state index >= 15 is 0 Å². The van der Waals surface area contributed by atoms with Gasteiger partial charge in [-0.15, -0.1) is 0 Å². The lowest BCUT2D eigenvalue weighted by molar-refractivity contribution is 1.11. The number of nitrogens with one attached hydrogen (secondary N) is 1. The van der Waals surface area contributed by atoms with Gasteiger partial charge in [0.05, 0.1) is 10.6 Å². The Hall–Kier alpha value is -1.76. The highest BCUT2D eigenvalue weighted by Crippen LogP contribution is 2.22. The Morgan fingerprint density at radius 2 is 2.00 bits per heavy atom. The predicted octanol–water partition coefficient (Wildman–Crippen LogP) is 3.87. The zero-order chi connectivity index (χ0) is 13.0. The monoisotopic (exact) mass is 277 g/mol. The number of nitriles is 1. The maximum Gasteiger partial charge on any atom is 0.145 e. The van der Waals surface area contributed by atoms with Gasteiger partial charge in [-0.2, -0.15) is 5.26 Å². The van der Waals surface area contributed by atoms with Gasteiger partial charge < -0.3 is 5.32 Å². The zero-order valence-electron chi connectivity index (χ0n) is 9.32. The maximum absolute atomic E-state index is 8.71. The maximum atomic E-state index is 8.71. The third-order valence-electron chi connectivity index (χ3n) is 2.37. The molecule has 0 unspecified atom stereocenters. The summed E-state index contributed by atoms with van der Waals surface area (Å²) in [5.41, 5.74) is 1.39. The summed E-state index contributed by atoms with van der Waals surface area (Å²) >= 11 is 12.0. The lowest BCUT2D eigenvalue weighted by Gasteiger charge is -2.08. The van der Waals surface area contributed by atoms with Crippen LogP contribution in [-0.4, -0.2) is 4.98 Å². The number of nitrogens with zero attached hydrogens (tertiary/aromatic N) is 2. The van der Waals surface area contributed by atoms with Crippen molar-refractivity contribution in [1.29, 1.82) is 5.26 Å². The van der Waals surface area contributed by atoms with Crippen LogP contribution in [0.5, 0.6) is 0 Å². The summed E-state index contributed by atoms with van der Waals surface area (Å²) in [6.07, 6.45) is 1.47. The minimum Gasteiger partial charge on any atom is -0.365 e. The average Bonchev–Trinajstić information content (AvgIpc) is 2.39. The first-order valence-electron chi connectivity index (χ1n) is 5.23. The van der Waals surface area contributed by atoms with Gasteiger partial charge in [0.25, 0.3) is 0 Å². The van der Waals surface area contributed by atoms with Crippen LogP contribution in [0.4, 0.5) is 5.82 Å². The van der Waals surface area contributed by atoms with Crippen molar-refractivity contribution in [2.75, 3.05) is 5.32 Å². The Balaban J connectivity index is 2.12. The number of pyridine rings is 1. The normalized spacial score (nSPS) is 9.83. The van der Waals surface area contributed by atoms with Gasteiger partial charge >= 0.3 is 0 Å². The molecule has 0 amide bonds. The number of benzene rings is 1. The van der Waals surface area contributed by atoms with Crippen LogP contribution in [-0.2, 0) is 6.54 Å². The molecule has 0 saturated heterocycles. The molecule has 1 N–H and O–H groups in total. The van der Waals surface area contributed by atoms with Crippen molar-refractivity contribution in [3.63, 3.8) is 0 Å². The minimum atomic E-state index is 0.418. The fourth-order valence-corrected chi connectivity index (χ4v) is 1.89. The molecular weight excluding hydrogens is 269 g/mol. The van der Waals surface area contributed by atoms with Crippen molar-refractivity contribution >= 4 is 29.0 Å². The number of anilines is 1. The average molecular weight is 278 g/mol. The molecule has 1 heterocycles. The predicted molar refractivity (Wildman–Crippen MR) is 72.7 cm³/mol. The molecule has 3 nitrogen and oxygen atoms in total. The summed E-state index contributed by atoms with van der Waals surface area (Å²) in [6.45, 7) is 0.526. The van der Waals surface area contributed by atoms with Crippen LogP contribution in [0.2, 0.25) is 10.0 Å². The summed E-state index contributed by atoms with van der Waals surface area (Å²) in [4.78, 5) is 4.09. The highest BCUT2D eigenvalue weighted by atomic mass is 35.5. The Bertz CT molecular complexity index is 605. The fourth-order valence-electron chi connectivity index (χ4n) is 1.45. The molecule has 0 saturated carbocycles. The molecule has 90 valence electrons. The van der Waals surface area contributed by atoms with Crippen molar-refractivity contribution in [3.05, 3.63) is 57.7 Å². The van der Waals surface area contributed by atoms with E-state index < -0.39 is 0 Å². The summed E-state index contributed by atoms with van der Waals surface area (Å²) in [5.74, 6) is 0.538. The molecule has 1 aromatic heterocycles. The first kappa shape index (κ1) is 12.7. The van der Waals surface area contributed by atoms with Crippen LogP contribution >= 0.6 is 23.2 Å². The second-order valence-corrected chi connectivity index (χ2v) is 4.43. The molecule has 2 aromatic rings. The van der Waals surface area contributed by atoms with E-state index in [1.54, 1.807) is 6.07 Å². The van der Waals surface area contributed by atoms with E-state index in [0.717, 1.165) is 5.56 Å². The molecule has 0 radical (unpaired) electrons. The van der Waals surface area contributed by atoms with Gasteiger partial charge in [0, 0.05) is 17.8 Å². The van der Waals surface area contributed by atoms with Crippen molar-refractivity contribution in [1.82, 2.24) is 4.98 Å². The topological polar surface area (TPSA) is 48.7 Å². The van der Waals surface area contributed by atoms with Gasteiger partial charge in [-0.3, -0.25) is 0 Å². The molecule has 2 rings (SSSR count). The number of hydrogen-bond acceptors (Lipinski definition) is 3. The Morgan fingerprint density at radius 3 is 2.67 bits per heavy atom. The number of rotatable bonds is 3. The van der Waals surface area contributed by atoms with E-state index in [2.05, 4.69) is 10.3 Å².